The van der Waals surface area contributed by atoms with Crippen LogP contribution in [0.3, 0.4) is 0 Å². The van der Waals surface area contributed by atoms with Crippen LogP contribution >= 0.6 is 0 Å². The second-order valence-electron chi connectivity index (χ2n) is 6.80. The van der Waals surface area contributed by atoms with E-state index in [0.29, 0.717) is 6.04 Å². The van der Waals surface area contributed by atoms with Gasteiger partial charge in [-0.05, 0) is 61.3 Å². The molecule has 0 amide bonds. The van der Waals surface area contributed by atoms with E-state index in [-0.39, 0.29) is 5.82 Å². The van der Waals surface area contributed by atoms with Crippen molar-refractivity contribution < 1.29 is 4.39 Å². The molecular weight excluding hydrogens is 249 g/mol. The van der Waals surface area contributed by atoms with Crippen LogP contribution in [0.1, 0.15) is 57.1 Å². The first kappa shape index (κ1) is 14.1. The molecule has 0 aliphatic heterocycles. The summed E-state index contributed by atoms with van der Waals surface area (Å²) in [6.07, 6.45) is 8.18. The van der Waals surface area contributed by atoms with E-state index >= 15 is 0 Å². The van der Waals surface area contributed by atoms with Crippen LogP contribution in [0.4, 0.5) is 4.39 Å². The molecule has 3 atom stereocenters. The summed E-state index contributed by atoms with van der Waals surface area (Å²) in [7, 11) is 0. The van der Waals surface area contributed by atoms with Crippen LogP contribution in [0, 0.1) is 23.6 Å². The minimum absolute atomic E-state index is 0.135. The number of hydrogen-bond acceptors (Lipinski definition) is 1. The van der Waals surface area contributed by atoms with Crippen molar-refractivity contribution >= 4 is 0 Å². The van der Waals surface area contributed by atoms with Crippen LogP contribution < -0.4 is 5.32 Å². The van der Waals surface area contributed by atoms with Gasteiger partial charge in [-0.15, -0.1) is 0 Å². The Hall–Kier alpha value is -0.890. The summed E-state index contributed by atoms with van der Waals surface area (Å²) in [5.74, 6) is 2.30. The van der Waals surface area contributed by atoms with Crippen molar-refractivity contribution in [2.45, 2.75) is 51.5 Å². The predicted octanol–water partition coefficient (Wildman–Crippen LogP) is 4.69. The van der Waals surface area contributed by atoms with Crippen LogP contribution in [0.25, 0.3) is 0 Å². The van der Waals surface area contributed by atoms with E-state index in [1.54, 1.807) is 12.1 Å². The summed E-state index contributed by atoms with van der Waals surface area (Å²) in [5, 5.41) is 3.80. The van der Waals surface area contributed by atoms with Gasteiger partial charge in [0.25, 0.3) is 0 Å². The Labute approximate surface area is 122 Å². The highest BCUT2D eigenvalue weighted by molar-refractivity contribution is 5.22. The molecule has 0 bridgehead atoms. The van der Waals surface area contributed by atoms with Gasteiger partial charge in [0.2, 0.25) is 0 Å². The lowest BCUT2D eigenvalue weighted by Gasteiger charge is -2.31. The molecule has 0 heterocycles. The second-order valence-corrected chi connectivity index (χ2v) is 6.80. The van der Waals surface area contributed by atoms with Crippen LogP contribution in [-0.2, 0) is 0 Å². The molecule has 110 valence electrons. The van der Waals surface area contributed by atoms with Gasteiger partial charge in [0.15, 0.2) is 0 Å². The van der Waals surface area contributed by atoms with E-state index in [4.69, 9.17) is 0 Å². The maximum absolute atomic E-state index is 13.1. The zero-order valence-corrected chi connectivity index (χ0v) is 12.4. The molecule has 2 heteroatoms. The van der Waals surface area contributed by atoms with Crippen molar-refractivity contribution in [2.75, 3.05) is 6.54 Å². The fourth-order valence-corrected chi connectivity index (χ4v) is 3.63. The number of halogens is 1. The molecule has 1 nitrogen and oxygen atoms in total. The molecule has 20 heavy (non-hydrogen) atoms. The first-order chi connectivity index (χ1) is 9.74. The smallest absolute Gasteiger partial charge is 0.123 e. The second kappa shape index (κ2) is 6.26. The van der Waals surface area contributed by atoms with Crippen LogP contribution in [0.5, 0.6) is 0 Å². The Balaban J connectivity index is 1.61. The van der Waals surface area contributed by atoms with E-state index in [1.807, 2.05) is 12.1 Å². The number of rotatable bonds is 5. The SMILES string of the molecule is CC1CCCCC1CNC(c1ccc(F)cc1)C1CC1. The van der Waals surface area contributed by atoms with Crippen molar-refractivity contribution in [2.24, 2.45) is 17.8 Å². The first-order valence-electron chi connectivity index (χ1n) is 8.23. The summed E-state index contributed by atoms with van der Waals surface area (Å²) >= 11 is 0. The molecule has 1 N–H and O–H groups in total. The van der Waals surface area contributed by atoms with Gasteiger partial charge in [0.05, 0.1) is 0 Å². The fourth-order valence-electron chi connectivity index (χ4n) is 3.63. The van der Waals surface area contributed by atoms with Gasteiger partial charge in [-0.2, -0.15) is 0 Å². The average Bonchev–Trinajstić information content (AvgIpc) is 3.27. The van der Waals surface area contributed by atoms with E-state index in [9.17, 15) is 4.39 Å². The van der Waals surface area contributed by atoms with Gasteiger partial charge < -0.3 is 5.32 Å². The Morgan fingerprint density at radius 3 is 2.45 bits per heavy atom. The average molecular weight is 275 g/mol. The molecule has 0 saturated heterocycles. The lowest BCUT2D eigenvalue weighted by Crippen LogP contribution is -2.32. The standard InChI is InChI=1S/C18H26FN/c1-13-4-2-3-5-16(13)12-20-18(14-6-7-14)15-8-10-17(19)11-9-15/h8-11,13-14,16,18,20H,2-7,12H2,1H3. The van der Waals surface area contributed by atoms with E-state index in [2.05, 4.69) is 12.2 Å². The highest BCUT2D eigenvalue weighted by Crippen LogP contribution is 2.41. The van der Waals surface area contributed by atoms with Gasteiger partial charge in [-0.1, -0.05) is 38.3 Å². The third-order valence-corrected chi connectivity index (χ3v) is 5.21. The zero-order valence-electron chi connectivity index (χ0n) is 12.4. The quantitative estimate of drug-likeness (QED) is 0.822. The summed E-state index contributed by atoms with van der Waals surface area (Å²) < 4.78 is 13.1. The van der Waals surface area contributed by atoms with E-state index in [0.717, 1.165) is 24.3 Å². The normalized spacial score (nSPS) is 28.3. The van der Waals surface area contributed by atoms with Crippen molar-refractivity contribution in [3.8, 4) is 0 Å². The molecule has 1 aromatic rings. The minimum atomic E-state index is -0.135. The number of nitrogens with one attached hydrogen (secondary N) is 1. The Morgan fingerprint density at radius 2 is 1.80 bits per heavy atom. The van der Waals surface area contributed by atoms with Gasteiger partial charge in [-0.3, -0.25) is 0 Å². The van der Waals surface area contributed by atoms with Crippen LogP contribution in [0.15, 0.2) is 24.3 Å². The Kier molecular flexibility index (Phi) is 4.40. The largest absolute Gasteiger partial charge is 0.309 e. The summed E-state index contributed by atoms with van der Waals surface area (Å²) in [6.45, 7) is 3.52. The summed E-state index contributed by atoms with van der Waals surface area (Å²) in [6, 6.07) is 7.53. The third kappa shape index (κ3) is 3.41. The molecule has 3 rings (SSSR count). The molecule has 3 unspecified atom stereocenters. The topological polar surface area (TPSA) is 12.0 Å². The predicted molar refractivity (Wildman–Crippen MR) is 81.0 cm³/mol. The maximum Gasteiger partial charge on any atom is 0.123 e. The summed E-state index contributed by atoms with van der Waals surface area (Å²) in [4.78, 5) is 0. The fraction of sp³-hybridized carbons (Fsp3) is 0.667. The van der Waals surface area contributed by atoms with Gasteiger partial charge in [0.1, 0.15) is 5.82 Å². The third-order valence-electron chi connectivity index (χ3n) is 5.21. The molecule has 2 aliphatic rings. The Morgan fingerprint density at radius 1 is 1.10 bits per heavy atom. The van der Waals surface area contributed by atoms with E-state index < -0.39 is 0 Å². The minimum Gasteiger partial charge on any atom is -0.309 e. The molecule has 0 aromatic heterocycles. The monoisotopic (exact) mass is 275 g/mol. The van der Waals surface area contributed by atoms with Crippen LogP contribution in [0.2, 0.25) is 0 Å². The number of hydrogen-bond donors (Lipinski definition) is 1. The van der Waals surface area contributed by atoms with Crippen molar-refractivity contribution in [3.63, 3.8) is 0 Å². The Bertz CT molecular complexity index is 424. The zero-order chi connectivity index (χ0) is 13.9. The molecule has 2 fully saturated rings. The maximum atomic E-state index is 13.1. The molecule has 1 aromatic carbocycles. The first-order valence-corrected chi connectivity index (χ1v) is 8.23. The molecule has 2 saturated carbocycles. The van der Waals surface area contributed by atoms with Crippen LogP contribution in [-0.4, -0.2) is 6.54 Å². The van der Waals surface area contributed by atoms with Crippen molar-refractivity contribution in [1.29, 1.82) is 0 Å². The van der Waals surface area contributed by atoms with Crippen molar-refractivity contribution in [1.82, 2.24) is 5.32 Å². The van der Waals surface area contributed by atoms with Gasteiger partial charge >= 0.3 is 0 Å². The highest BCUT2D eigenvalue weighted by Gasteiger charge is 2.33. The van der Waals surface area contributed by atoms with Crippen molar-refractivity contribution in [3.05, 3.63) is 35.6 Å². The highest BCUT2D eigenvalue weighted by atomic mass is 19.1. The van der Waals surface area contributed by atoms with Gasteiger partial charge in [-0.25, -0.2) is 4.39 Å². The number of benzene rings is 1. The van der Waals surface area contributed by atoms with Gasteiger partial charge in [0, 0.05) is 6.04 Å². The van der Waals surface area contributed by atoms with E-state index in [1.165, 1.54) is 44.1 Å². The molecule has 0 spiro atoms. The molecular formula is C18H26FN. The summed E-state index contributed by atoms with van der Waals surface area (Å²) in [5.41, 5.74) is 1.26. The lowest BCUT2D eigenvalue weighted by atomic mass is 9.80. The lowest BCUT2D eigenvalue weighted by molar-refractivity contribution is 0.237. The molecule has 0 radical (unpaired) electrons. The molecule has 2 aliphatic carbocycles.